The van der Waals surface area contributed by atoms with Crippen molar-refractivity contribution in [1.82, 2.24) is 0 Å². The van der Waals surface area contributed by atoms with Crippen molar-refractivity contribution in [1.29, 1.82) is 0 Å². The summed E-state index contributed by atoms with van der Waals surface area (Å²) >= 11 is 0. The molecule has 0 radical (unpaired) electrons. The van der Waals surface area contributed by atoms with Gasteiger partial charge in [0.25, 0.3) is 0 Å². The molecule has 0 aliphatic heterocycles. The van der Waals surface area contributed by atoms with Gasteiger partial charge in [-0.15, -0.1) is 0 Å². The van der Waals surface area contributed by atoms with E-state index in [0.29, 0.717) is 30.8 Å². The van der Waals surface area contributed by atoms with Crippen molar-refractivity contribution in [3.63, 3.8) is 0 Å². The van der Waals surface area contributed by atoms with E-state index < -0.39 is 0 Å². The molecular formula is C14H22N2O2. The van der Waals surface area contributed by atoms with Crippen molar-refractivity contribution < 1.29 is 9.53 Å². The third kappa shape index (κ3) is 5.68. The first kappa shape index (κ1) is 14.5. The number of anilines is 2. The Kier molecular flexibility index (Phi) is 5.16. The van der Waals surface area contributed by atoms with Gasteiger partial charge < -0.3 is 15.8 Å². The van der Waals surface area contributed by atoms with Crippen LogP contribution in [-0.4, -0.2) is 18.1 Å². The molecule has 3 N–H and O–H groups in total. The normalized spacial score (nSPS) is 11.3. The van der Waals surface area contributed by atoms with Gasteiger partial charge in [0, 0.05) is 13.0 Å². The number of para-hydroxylation sites is 2. The Morgan fingerprint density at radius 3 is 2.61 bits per heavy atom. The lowest BCUT2D eigenvalue weighted by molar-refractivity contribution is -0.116. The van der Waals surface area contributed by atoms with Crippen LogP contribution in [0.1, 0.15) is 33.6 Å². The monoisotopic (exact) mass is 250 g/mol. The summed E-state index contributed by atoms with van der Waals surface area (Å²) in [6.45, 7) is 6.58. The number of rotatable bonds is 5. The smallest absolute Gasteiger partial charge is 0.224 e. The molecule has 18 heavy (non-hydrogen) atoms. The van der Waals surface area contributed by atoms with Gasteiger partial charge in [-0.2, -0.15) is 0 Å². The molecule has 0 spiro atoms. The molecule has 1 rings (SSSR count). The number of nitrogens with one attached hydrogen (secondary N) is 1. The number of ether oxygens (including phenoxy) is 1. The van der Waals surface area contributed by atoms with Gasteiger partial charge in [0.05, 0.1) is 17.0 Å². The van der Waals surface area contributed by atoms with Gasteiger partial charge in [0.1, 0.15) is 0 Å². The average molecular weight is 250 g/mol. The Labute approximate surface area is 109 Å². The highest BCUT2D eigenvalue weighted by molar-refractivity contribution is 5.93. The van der Waals surface area contributed by atoms with E-state index in [0.717, 1.165) is 0 Å². The fourth-order valence-electron chi connectivity index (χ4n) is 1.43. The highest BCUT2D eigenvalue weighted by Gasteiger charge is 2.10. The van der Waals surface area contributed by atoms with Gasteiger partial charge in [0.15, 0.2) is 0 Å². The van der Waals surface area contributed by atoms with E-state index in [1.54, 1.807) is 12.1 Å². The molecule has 4 heteroatoms. The molecule has 100 valence electrons. The topological polar surface area (TPSA) is 64.3 Å². The first-order valence-corrected chi connectivity index (χ1v) is 6.17. The second kappa shape index (κ2) is 6.40. The van der Waals surface area contributed by atoms with E-state index in [-0.39, 0.29) is 11.5 Å². The van der Waals surface area contributed by atoms with E-state index in [1.165, 1.54) is 0 Å². The van der Waals surface area contributed by atoms with Gasteiger partial charge in [-0.05, 0) is 39.3 Å². The van der Waals surface area contributed by atoms with Crippen molar-refractivity contribution >= 4 is 17.3 Å². The predicted octanol–water partition coefficient (Wildman–Crippen LogP) is 2.80. The van der Waals surface area contributed by atoms with Crippen LogP contribution in [0, 0.1) is 0 Å². The van der Waals surface area contributed by atoms with Crippen LogP contribution in [0.5, 0.6) is 0 Å². The third-order valence-corrected chi connectivity index (χ3v) is 2.32. The fourth-order valence-corrected chi connectivity index (χ4v) is 1.43. The zero-order valence-electron chi connectivity index (χ0n) is 11.3. The second-order valence-corrected chi connectivity index (χ2v) is 5.20. The maximum Gasteiger partial charge on any atom is 0.224 e. The summed E-state index contributed by atoms with van der Waals surface area (Å²) in [7, 11) is 0. The van der Waals surface area contributed by atoms with Crippen molar-refractivity contribution in [3.05, 3.63) is 24.3 Å². The molecule has 0 atom stereocenters. The fraction of sp³-hybridized carbons (Fsp3) is 0.500. The summed E-state index contributed by atoms with van der Waals surface area (Å²) in [5, 5.41) is 2.79. The van der Waals surface area contributed by atoms with Crippen molar-refractivity contribution in [3.8, 4) is 0 Å². The molecule has 0 heterocycles. The van der Waals surface area contributed by atoms with Crippen LogP contribution < -0.4 is 11.1 Å². The summed E-state index contributed by atoms with van der Waals surface area (Å²) in [5.41, 5.74) is 6.84. The number of nitrogen functional groups attached to an aromatic ring is 1. The standard InChI is InChI=1S/C14H22N2O2/c1-14(2,3)18-10-6-9-13(17)16-12-8-5-4-7-11(12)15/h4-5,7-8H,6,9-10,15H2,1-3H3,(H,16,17). The zero-order valence-corrected chi connectivity index (χ0v) is 11.3. The number of carbonyl (C=O) groups is 1. The van der Waals surface area contributed by atoms with Gasteiger partial charge in [0.2, 0.25) is 5.91 Å². The van der Waals surface area contributed by atoms with E-state index in [9.17, 15) is 4.79 Å². The van der Waals surface area contributed by atoms with Crippen LogP contribution in [0.3, 0.4) is 0 Å². The number of amides is 1. The molecule has 4 nitrogen and oxygen atoms in total. The Bertz CT molecular complexity index is 397. The maximum absolute atomic E-state index is 11.7. The lowest BCUT2D eigenvalue weighted by Gasteiger charge is -2.19. The van der Waals surface area contributed by atoms with Crippen LogP contribution in [0.15, 0.2) is 24.3 Å². The van der Waals surface area contributed by atoms with Gasteiger partial charge >= 0.3 is 0 Å². The summed E-state index contributed by atoms with van der Waals surface area (Å²) in [5.74, 6) is -0.0367. The maximum atomic E-state index is 11.7. The second-order valence-electron chi connectivity index (χ2n) is 5.20. The zero-order chi connectivity index (χ0) is 13.6. The summed E-state index contributed by atoms with van der Waals surface area (Å²) in [4.78, 5) is 11.7. The molecule has 0 aliphatic carbocycles. The lowest BCUT2D eigenvalue weighted by atomic mass is 10.2. The van der Waals surface area contributed by atoms with Crippen LogP contribution in [0.2, 0.25) is 0 Å². The summed E-state index contributed by atoms with van der Waals surface area (Å²) in [6, 6.07) is 7.23. The van der Waals surface area contributed by atoms with Crippen molar-refractivity contribution in [2.24, 2.45) is 0 Å². The molecule has 0 saturated carbocycles. The Morgan fingerprint density at radius 1 is 1.33 bits per heavy atom. The lowest BCUT2D eigenvalue weighted by Crippen LogP contribution is -2.20. The Hall–Kier alpha value is -1.55. The molecule has 0 aromatic heterocycles. The minimum Gasteiger partial charge on any atom is -0.397 e. The summed E-state index contributed by atoms with van der Waals surface area (Å²) < 4.78 is 5.55. The summed E-state index contributed by atoms with van der Waals surface area (Å²) in [6.07, 6.45) is 1.14. The molecule has 0 saturated heterocycles. The largest absolute Gasteiger partial charge is 0.397 e. The molecule has 0 aliphatic rings. The highest BCUT2D eigenvalue weighted by Crippen LogP contribution is 2.17. The minimum absolute atomic E-state index is 0.0367. The number of hydrogen-bond acceptors (Lipinski definition) is 3. The van der Waals surface area contributed by atoms with Crippen LogP contribution in [-0.2, 0) is 9.53 Å². The van der Waals surface area contributed by atoms with Crippen molar-refractivity contribution in [2.75, 3.05) is 17.7 Å². The van der Waals surface area contributed by atoms with Crippen LogP contribution in [0.4, 0.5) is 11.4 Å². The number of carbonyl (C=O) groups excluding carboxylic acids is 1. The van der Waals surface area contributed by atoms with E-state index in [2.05, 4.69) is 5.32 Å². The molecule has 0 unspecified atom stereocenters. The molecule has 1 amide bonds. The number of hydrogen-bond donors (Lipinski definition) is 2. The Morgan fingerprint density at radius 2 is 2.00 bits per heavy atom. The van der Waals surface area contributed by atoms with E-state index >= 15 is 0 Å². The van der Waals surface area contributed by atoms with E-state index in [1.807, 2.05) is 32.9 Å². The molecule has 1 aromatic carbocycles. The van der Waals surface area contributed by atoms with Gasteiger partial charge in [-0.25, -0.2) is 0 Å². The average Bonchev–Trinajstić information content (AvgIpc) is 2.26. The van der Waals surface area contributed by atoms with Crippen molar-refractivity contribution in [2.45, 2.75) is 39.2 Å². The van der Waals surface area contributed by atoms with E-state index in [4.69, 9.17) is 10.5 Å². The third-order valence-electron chi connectivity index (χ3n) is 2.32. The molecule has 1 aromatic rings. The first-order chi connectivity index (χ1) is 8.38. The first-order valence-electron chi connectivity index (χ1n) is 6.17. The highest BCUT2D eigenvalue weighted by atomic mass is 16.5. The molecule has 0 bridgehead atoms. The SMILES string of the molecule is CC(C)(C)OCCCC(=O)Nc1ccccc1N. The molecule has 0 fully saturated rings. The quantitative estimate of drug-likeness (QED) is 0.624. The predicted molar refractivity (Wildman–Crippen MR) is 74.4 cm³/mol. The van der Waals surface area contributed by atoms with Crippen LogP contribution >= 0.6 is 0 Å². The minimum atomic E-state index is -0.152. The number of nitrogens with two attached hydrogens (primary N) is 1. The van der Waals surface area contributed by atoms with Crippen LogP contribution in [0.25, 0.3) is 0 Å². The number of benzene rings is 1. The Balaban J connectivity index is 2.29. The van der Waals surface area contributed by atoms with Gasteiger partial charge in [-0.1, -0.05) is 12.1 Å². The van der Waals surface area contributed by atoms with Gasteiger partial charge in [-0.3, -0.25) is 4.79 Å². The molecular weight excluding hydrogens is 228 g/mol.